The summed E-state index contributed by atoms with van der Waals surface area (Å²) < 4.78 is 0. The molecule has 1 rings (SSSR count). The summed E-state index contributed by atoms with van der Waals surface area (Å²) in [5.74, 6) is -2.86. The number of carbonyl (C=O) groups excluding carboxylic acids is 1. The summed E-state index contributed by atoms with van der Waals surface area (Å²) in [6.07, 6.45) is 0.0124. The van der Waals surface area contributed by atoms with Crippen LogP contribution in [0.3, 0.4) is 0 Å². The molecule has 0 aromatic heterocycles. The van der Waals surface area contributed by atoms with E-state index < -0.39 is 23.9 Å². The summed E-state index contributed by atoms with van der Waals surface area (Å²) in [6.45, 7) is 0. The van der Waals surface area contributed by atoms with Gasteiger partial charge in [-0.05, 0) is 31.0 Å². The monoisotopic (exact) mass is 314 g/mol. The number of hydrogen-bond donors (Lipinski definition) is 4. The standard InChI is InChI=1S/C13H15ClN2O5/c14-8-6-7(4-5-9(8)15)12(19)16-10(13(20)21)2-1-3-11(17)18/h4-6,10H,1-3,15H2,(H,16,19)(H,17,18)(H,20,21)/t10-/m1/s1. The van der Waals surface area contributed by atoms with Crippen molar-refractivity contribution in [3.63, 3.8) is 0 Å². The number of carbonyl (C=O) groups is 3. The van der Waals surface area contributed by atoms with Crippen molar-refractivity contribution in [2.45, 2.75) is 25.3 Å². The molecule has 0 heterocycles. The van der Waals surface area contributed by atoms with E-state index in [-0.39, 0.29) is 29.8 Å². The van der Waals surface area contributed by atoms with Gasteiger partial charge < -0.3 is 21.3 Å². The highest BCUT2D eigenvalue weighted by atomic mass is 35.5. The maximum absolute atomic E-state index is 11.9. The zero-order valence-electron chi connectivity index (χ0n) is 11.0. The summed E-state index contributed by atoms with van der Waals surface area (Å²) in [5, 5.41) is 20.1. The van der Waals surface area contributed by atoms with Crippen LogP contribution in [0.25, 0.3) is 0 Å². The first-order valence-electron chi connectivity index (χ1n) is 6.11. The smallest absolute Gasteiger partial charge is 0.326 e. The van der Waals surface area contributed by atoms with Gasteiger partial charge in [0.1, 0.15) is 6.04 Å². The summed E-state index contributed by atoms with van der Waals surface area (Å²) in [7, 11) is 0. The van der Waals surface area contributed by atoms with Crippen molar-refractivity contribution < 1.29 is 24.6 Å². The first-order valence-corrected chi connectivity index (χ1v) is 6.49. The van der Waals surface area contributed by atoms with Crippen molar-refractivity contribution in [1.82, 2.24) is 5.32 Å². The topological polar surface area (TPSA) is 130 Å². The van der Waals surface area contributed by atoms with Gasteiger partial charge in [-0.15, -0.1) is 0 Å². The third kappa shape index (κ3) is 5.31. The molecule has 1 aromatic rings. The van der Waals surface area contributed by atoms with Crippen molar-refractivity contribution in [2.24, 2.45) is 0 Å². The fourth-order valence-corrected chi connectivity index (χ4v) is 1.81. The Balaban J connectivity index is 2.69. The summed E-state index contributed by atoms with van der Waals surface area (Å²) in [6, 6.07) is 3.04. The van der Waals surface area contributed by atoms with E-state index in [1.807, 2.05) is 0 Å². The average Bonchev–Trinajstić information content (AvgIpc) is 2.40. The molecular formula is C13H15ClN2O5. The lowest BCUT2D eigenvalue weighted by Crippen LogP contribution is -2.40. The third-order valence-corrected chi connectivity index (χ3v) is 3.08. The van der Waals surface area contributed by atoms with Crippen LogP contribution >= 0.6 is 11.6 Å². The lowest BCUT2D eigenvalue weighted by atomic mass is 10.1. The molecule has 1 amide bonds. The highest BCUT2D eigenvalue weighted by molar-refractivity contribution is 6.33. The number of nitrogen functional groups attached to an aromatic ring is 1. The van der Waals surface area contributed by atoms with Gasteiger partial charge in [0.05, 0.1) is 10.7 Å². The second-order valence-corrected chi connectivity index (χ2v) is 4.79. The Morgan fingerprint density at radius 3 is 2.48 bits per heavy atom. The number of rotatable bonds is 7. The van der Waals surface area contributed by atoms with Crippen molar-refractivity contribution >= 4 is 35.1 Å². The molecule has 21 heavy (non-hydrogen) atoms. The van der Waals surface area contributed by atoms with Crippen LogP contribution in [-0.2, 0) is 9.59 Å². The molecule has 0 aliphatic carbocycles. The molecule has 0 spiro atoms. The summed E-state index contributed by atoms with van der Waals surface area (Å²) in [4.78, 5) is 33.4. The van der Waals surface area contributed by atoms with E-state index in [0.717, 1.165) is 0 Å². The Morgan fingerprint density at radius 2 is 1.95 bits per heavy atom. The van der Waals surface area contributed by atoms with Crippen LogP contribution in [0.5, 0.6) is 0 Å². The zero-order chi connectivity index (χ0) is 16.0. The van der Waals surface area contributed by atoms with Crippen molar-refractivity contribution in [3.05, 3.63) is 28.8 Å². The van der Waals surface area contributed by atoms with E-state index >= 15 is 0 Å². The number of carboxylic acid groups (broad SMARTS) is 2. The van der Waals surface area contributed by atoms with Gasteiger partial charge in [-0.3, -0.25) is 9.59 Å². The van der Waals surface area contributed by atoms with Crippen molar-refractivity contribution in [3.8, 4) is 0 Å². The minimum Gasteiger partial charge on any atom is -0.481 e. The Bertz CT molecular complexity index is 561. The fourth-order valence-electron chi connectivity index (χ4n) is 1.62. The number of amides is 1. The van der Waals surface area contributed by atoms with E-state index in [2.05, 4.69) is 5.32 Å². The molecular weight excluding hydrogens is 300 g/mol. The molecule has 0 radical (unpaired) electrons. The Kier molecular flexibility index (Phi) is 5.98. The molecule has 114 valence electrons. The molecule has 1 aromatic carbocycles. The van der Waals surface area contributed by atoms with E-state index in [4.69, 9.17) is 27.5 Å². The van der Waals surface area contributed by atoms with E-state index in [0.29, 0.717) is 5.69 Å². The Hall–Kier alpha value is -2.28. The highest BCUT2D eigenvalue weighted by Gasteiger charge is 2.21. The van der Waals surface area contributed by atoms with Gasteiger partial charge >= 0.3 is 11.9 Å². The van der Waals surface area contributed by atoms with Crippen LogP contribution in [0.1, 0.15) is 29.6 Å². The number of benzene rings is 1. The number of hydrogen-bond acceptors (Lipinski definition) is 4. The predicted octanol–water partition coefficient (Wildman–Crippen LogP) is 1.36. The van der Waals surface area contributed by atoms with Crippen molar-refractivity contribution in [2.75, 3.05) is 5.73 Å². The van der Waals surface area contributed by atoms with E-state index in [9.17, 15) is 14.4 Å². The maximum atomic E-state index is 11.9. The normalized spacial score (nSPS) is 11.7. The molecule has 0 aliphatic heterocycles. The van der Waals surface area contributed by atoms with Gasteiger partial charge in [-0.25, -0.2) is 4.79 Å². The molecule has 0 saturated heterocycles. The van der Waals surface area contributed by atoms with Crippen LogP contribution < -0.4 is 11.1 Å². The molecule has 0 fully saturated rings. The van der Waals surface area contributed by atoms with Crippen LogP contribution in [0.2, 0.25) is 5.02 Å². The maximum Gasteiger partial charge on any atom is 0.326 e. The SMILES string of the molecule is Nc1ccc(C(=O)N[C@H](CCCC(=O)O)C(=O)O)cc1Cl. The average molecular weight is 315 g/mol. The molecule has 5 N–H and O–H groups in total. The number of nitrogens with two attached hydrogens (primary N) is 1. The fraction of sp³-hybridized carbons (Fsp3) is 0.308. The van der Waals surface area contributed by atoms with Gasteiger partial charge in [0.15, 0.2) is 0 Å². The predicted molar refractivity (Wildman–Crippen MR) is 76.2 cm³/mol. The van der Waals surface area contributed by atoms with Gasteiger partial charge in [0.25, 0.3) is 5.91 Å². The van der Waals surface area contributed by atoms with Crippen LogP contribution in [0.15, 0.2) is 18.2 Å². The number of halogens is 1. The van der Waals surface area contributed by atoms with Gasteiger partial charge in [-0.2, -0.15) is 0 Å². The molecule has 1 atom stereocenters. The quantitative estimate of drug-likeness (QED) is 0.562. The highest BCUT2D eigenvalue weighted by Crippen LogP contribution is 2.19. The first kappa shape index (κ1) is 16.8. The minimum absolute atomic E-state index is 0.0239. The number of nitrogens with one attached hydrogen (secondary N) is 1. The summed E-state index contributed by atoms with van der Waals surface area (Å²) in [5.41, 5.74) is 6.01. The van der Waals surface area contributed by atoms with Crippen LogP contribution in [-0.4, -0.2) is 34.1 Å². The lowest BCUT2D eigenvalue weighted by Gasteiger charge is -2.14. The van der Waals surface area contributed by atoms with Gasteiger partial charge in [0.2, 0.25) is 0 Å². The van der Waals surface area contributed by atoms with Crippen LogP contribution in [0, 0.1) is 0 Å². The number of anilines is 1. The zero-order valence-corrected chi connectivity index (χ0v) is 11.8. The second kappa shape index (κ2) is 7.49. The number of aliphatic carboxylic acids is 2. The molecule has 0 bridgehead atoms. The van der Waals surface area contributed by atoms with Gasteiger partial charge in [-0.1, -0.05) is 11.6 Å². The first-order chi connectivity index (χ1) is 9.81. The molecule has 0 saturated carbocycles. The second-order valence-electron chi connectivity index (χ2n) is 4.39. The van der Waals surface area contributed by atoms with Crippen LogP contribution in [0.4, 0.5) is 5.69 Å². The minimum atomic E-state index is -1.23. The molecule has 0 aliphatic rings. The van der Waals surface area contributed by atoms with Crippen molar-refractivity contribution in [1.29, 1.82) is 0 Å². The Morgan fingerprint density at radius 1 is 1.29 bits per heavy atom. The van der Waals surface area contributed by atoms with Gasteiger partial charge in [0, 0.05) is 12.0 Å². The van der Waals surface area contributed by atoms with E-state index in [1.165, 1.54) is 18.2 Å². The van der Waals surface area contributed by atoms with E-state index in [1.54, 1.807) is 0 Å². The molecule has 0 unspecified atom stereocenters. The third-order valence-electron chi connectivity index (χ3n) is 2.75. The molecule has 7 nitrogen and oxygen atoms in total. The summed E-state index contributed by atoms with van der Waals surface area (Å²) >= 11 is 5.79. The molecule has 8 heteroatoms. The lowest BCUT2D eigenvalue weighted by molar-refractivity contribution is -0.140. The Labute approximate surface area is 125 Å². The largest absolute Gasteiger partial charge is 0.481 e. The number of carboxylic acids is 2.